The molecule has 5 nitrogen and oxygen atoms in total. The monoisotopic (exact) mass is 284 g/mol. The summed E-state index contributed by atoms with van der Waals surface area (Å²) < 4.78 is 4.66. The number of hydrogen-bond acceptors (Lipinski definition) is 4. The van der Waals surface area contributed by atoms with Crippen LogP contribution in [0.3, 0.4) is 0 Å². The van der Waals surface area contributed by atoms with Gasteiger partial charge in [0.05, 0.1) is 25.7 Å². The van der Waals surface area contributed by atoms with Gasteiger partial charge in [-0.3, -0.25) is 14.9 Å². The molecule has 1 heterocycles. The Hall–Kier alpha value is -1.10. The average Bonchev–Trinajstić information content (AvgIpc) is 2.69. The first kappa shape index (κ1) is 17.0. The van der Waals surface area contributed by atoms with Gasteiger partial charge in [-0.2, -0.15) is 0 Å². The second-order valence-corrected chi connectivity index (χ2v) is 5.86. The van der Waals surface area contributed by atoms with Crippen LogP contribution in [0, 0.1) is 5.92 Å². The number of ether oxygens (including phenoxy) is 1. The molecular formula is C15H28N2O3. The van der Waals surface area contributed by atoms with E-state index in [1.165, 1.54) is 7.11 Å². The summed E-state index contributed by atoms with van der Waals surface area (Å²) in [6.45, 7) is 6.85. The summed E-state index contributed by atoms with van der Waals surface area (Å²) >= 11 is 0. The van der Waals surface area contributed by atoms with E-state index in [4.69, 9.17) is 0 Å². The topological polar surface area (TPSA) is 58.6 Å². The van der Waals surface area contributed by atoms with Crippen LogP contribution in [-0.2, 0) is 14.3 Å². The van der Waals surface area contributed by atoms with Gasteiger partial charge in [-0.05, 0) is 18.8 Å². The van der Waals surface area contributed by atoms with Gasteiger partial charge in [0, 0.05) is 6.54 Å². The molecule has 0 aromatic rings. The highest BCUT2D eigenvalue weighted by atomic mass is 16.5. The first-order valence-corrected chi connectivity index (χ1v) is 7.62. The number of esters is 1. The molecule has 1 N–H and O–H groups in total. The smallest absolute Gasteiger partial charge is 0.307 e. The SMILES string of the molecule is CCCCC1NC(CC(C)C)N(CCC(=O)OC)C1=O. The molecule has 0 radical (unpaired) electrons. The summed E-state index contributed by atoms with van der Waals surface area (Å²) in [6.07, 6.45) is 4.23. The molecule has 2 unspecified atom stereocenters. The number of nitrogens with one attached hydrogen (secondary N) is 1. The van der Waals surface area contributed by atoms with Crippen LogP contribution in [0.5, 0.6) is 0 Å². The maximum absolute atomic E-state index is 12.4. The molecule has 1 fully saturated rings. The zero-order valence-corrected chi connectivity index (χ0v) is 13.1. The Morgan fingerprint density at radius 1 is 1.45 bits per heavy atom. The van der Waals surface area contributed by atoms with E-state index in [1.54, 1.807) is 0 Å². The third-order valence-corrected chi connectivity index (χ3v) is 3.68. The quantitative estimate of drug-likeness (QED) is 0.692. The Labute approximate surface area is 122 Å². The predicted octanol–water partition coefficient (Wildman–Crippen LogP) is 1.91. The van der Waals surface area contributed by atoms with Crippen molar-refractivity contribution in [3.8, 4) is 0 Å². The first-order valence-electron chi connectivity index (χ1n) is 7.62. The highest BCUT2D eigenvalue weighted by Gasteiger charge is 2.38. The summed E-state index contributed by atoms with van der Waals surface area (Å²) in [5.41, 5.74) is 0. The van der Waals surface area contributed by atoms with Gasteiger partial charge >= 0.3 is 5.97 Å². The van der Waals surface area contributed by atoms with Crippen molar-refractivity contribution in [2.24, 2.45) is 5.92 Å². The summed E-state index contributed by atoms with van der Waals surface area (Å²) in [6, 6.07) is -0.0867. The number of carbonyl (C=O) groups is 2. The van der Waals surface area contributed by atoms with Gasteiger partial charge in [0.25, 0.3) is 0 Å². The van der Waals surface area contributed by atoms with E-state index < -0.39 is 0 Å². The van der Waals surface area contributed by atoms with Crippen LogP contribution in [0.2, 0.25) is 0 Å². The van der Waals surface area contributed by atoms with Crippen molar-refractivity contribution in [1.82, 2.24) is 10.2 Å². The van der Waals surface area contributed by atoms with Crippen molar-refractivity contribution in [3.63, 3.8) is 0 Å². The highest BCUT2D eigenvalue weighted by Crippen LogP contribution is 2.20. The molecule has 2 atom stereocenters. The van der Waals surface area contributed by atoms with Crippen LogP contribution in [0.25, 0.3) is 0 Å². The molecule has 0 spiro atoms. The molecular weight excluding hydrogens is 256 g/mol. The standard InChI is InChI=1S/C15H28N2O3/c1-5-6-7-12-15(19)17(9-8-14(18)20-4)13(16-12)10-11(2)3/h11-13,16H,5-10H2,1-4H3. The molecule has 1 aliphatic rings. The second-order valence-electron chi connectivity index (χ2n) is 5.86. The van der Waals surface area contributed by atoms with Gasteiger partial charge in [0.1, 0.15) is 0 Å². The number of hydrogen-bond donors (Lipinski definition) is 1. The van der Waals surface area contributed by atoms with Crippen molar-refractivity contribution in [2.75, 3.05) is 13.7 Å². The fourth-order valence-electron chi connectivity index (χ4n) is 2.58. The number of nitrogens with zero attached hydrogens (tertiary/aromatic N) is 1. The van der Waals surface area contributed by atoms with Crippen molar-refractivity contribution in [1.29, 1.82) is 0 Å². The van der Waals surface area contributed by atoms with E-state index in [1.807, 2.05) is 4.90 Å². The molecule has 1 rings (SSSR count). The van der Waals surface area contributed by atoms with Crippen LogP contribution in [0.15, 0.2) is 0 Å². The van der Waals surface area contributed by atoms with E-state index >= 15 is 0 Å². The zero-order valence-electron chi connectivity index (χ0n) is 13.1. The van der Waals surface area contributed by atoms with Crippen molar-refractivity contribution in [2.45, 2.75) is 65.1 Å². The van der Waals surface area contributed by atoms with E-state index in [0.717, 1.165) is 25.7 Å². The molecule has 0 aliphatic carbocycles. The fraction of sp³-hybridized carbons (Fsp3) is 0.867. The molecule has 116 valence electrons. The maximum atomic E-state index is 12.4. The molecule has 0 bridgehead atoms. The Bertz CT molecular complexity index is 331. The van der Waals surface area contributed by atoms with Gasteiger partial charge in [-0.25, -0.2) is 0 Å². The summed E-state index contributed by atoms with van der Waals surface area (Å²) in [4.78, 5) is 25.5. The fourth-order valence-corrected chi connectivity index (χ4v) is 2.58. The molecule has 20 heavy (non-hydrogen) atoms. The Kier molecular flexibility index (Phi) is 6.99. The number of amides is 1. The summed E-state index contributed by atoms with van der Waals surface area (Å²) in [5.74, 6) is 0.372. The van der Waals surface area contributed by atoms with Crippen molar-refractivity contribution in [3.05, 3.63) is 0 Å². The lowest BCUT2D eigenvalue weighted by atomic mass is 10.1. The van der Waals surface area contributed by atoms with Crippen LogP contribution in [0.4, 0.5) is 0 Å². The molecule has 0 saturated carbocycles. The molecule has 0 aromatic carbocycles. The Balaban J connectivity index is 2.63. The van der Waals surface area contributed by atoms with Gasteiger partial charge < -0.3 is 9.64 Å². The third kappa shape index (κ3) is 4.78. The number of methoxy groups -OCH3 is 1. The lowest BCUT2D eigenvalue weighted by Gasteiger charge is -2.25. The third-order valence-electron chi connectivity index (χ3n) is 3.68. The normalized spacial score (nSPS) is 22.6. The van der Waals surface area contributed by atoms with E-state index in [-0.39, 0.29) is 30.5 Å². The minimum absolute atomic E-state index is 0.0500. The van der Waals surface area contributed by atoms with Gasteiger partial charge in [-0.15, -0.1) is 0 Å². The number of unbranched alkanes of at least 4 members (excludes halogenated alkanes) is 1. The minimum atomic E-state index is -0.266. The van der Waals surface area contributed by atoms with Gasteiger partial charge in [0.15, 0.2) is 0 Å². The summed E-state index contributed by atoms with van der Waals surface area (Å²) in [7, 11) is 1.38. The highest BCUT2D eigenvalue weighted by molar-refractivity contribution is 5.84. The van der Waals surface area contributed by atoms with E-state index in [2.05, 4.69) is 30.8 Å². The minimum Gasteiger partial charge on any atom is -0.469 e. The number of rotatable bonds is 8. The molecule has 0 aromatic heterocycles. The number of carbonyl (C=O) groups excluding carboxylic acids is 2. The van der Waals surface area contributed by atoms with Crippen LogP contribution in [-0.4, -0.2) is 42.6 Å². The molecule has 1 amide bonds. The van der Waals surface area contributed by atoms with E-state index in [9.17, 15) is 9.59 Å². The maximum Gasteiger partial charge on any atom is 0.307 e. The van der Waals surface area contributed by atoms with Crippen LogP contribution >= 0.6 is 0 Å². The Morgan fingerprint density at radius 2 is 2.15 bits per heavy atom. The van der Waals surface area contributed by atoms with Gasteiger partial charge in [-0.1, -0.05) is 33.6 Å². The lowest BCUT2D eigenvalue weighted by molar-refractivity contribution is -0.141. The second kappa shape index (κ2) is 8.25. The lowest BCUT2D eigenvalue weighted by Crippen LogP contribution is -2.39. The molecule has 5 heteroatoms. The largest absolute Gasteiger partial charge is 0.469 e. The van der Waals surface area contributed by atoms with Gasteiger partial charge in [0.2, 0.25) is 5.91 Å². The van der Waals surface area contributed by atoms with Crippen molar-refractivity contribution < 1.29 is 14.3 Å². The first-order chi connectivity index (χ1) is 9.49. The van der Waals surface area contributed by atoms with Crippen LogP contribution in [0.1, 0.15) is 52.9 Å². The summed E-state index contributed by atoms with van der Waals surface area (Å²) in [5, 5.41) is 3.42. The molecule has 1 aliphatic heterocycles. The van der Waals surface area contributed by atoms with Crippen molar-refractivity contribution >= 4 is 11.9 Å². The Morgan fingerprint density at radius 3 is 2.70 bits per heavy atom. The predicted molar refractivity (Wildman–Crippen MR) is 78.0 cm³/mol. The molecule has 1 saturated heterocycles. The van der Waals surface area contributed by atoms with Crippen LogP contribution < -0.4 is 5.32 Å². The van der Waals surface area contributed by atoms with E-state index in [0.29, 0.717) is 12.5 Å². The zero-order chi connectivity index (χ0) is 15.1. The average molecular weight is 284 g/mol.